The van der Waals surface area contributed by atoms with Gasteiger partial charge < -0.3 is 18.8 Å². The Morgan fingerprint density at radius 2 is 1.86 bits per heavy atom. The van der Waals surface area contributed by atoms with Crippen LogP contribution in [0.1, 0.15) is 19.8 Å². The van der Waals surface area contributed by atoms with E-state index in [4.69, 9.17) is 14.2 Å². The lowest BCUT2D eigenvalue weighted by Gasteiger charge is -2.21. The van der Waals surface area contributed by atoms with E-state index < -0.39 is 27.8 Å². The van der Waals surface area contributed by atoms with Crippen molar-refractivity contribution in [1.82, 2.24) is 8.87 Å². The number of nitrogens with zero attached hydrogens (tertiary/aromatic N) is 3. The molecular weight excluding hydrogens is 509 g/mol. The Bertz CT molecular complexity index is 1420. The maximum Gasteiger partial charge on any atom is 0.266 e. The van der Waals surface area contributed by atoms with E-state index in [2.05, 4.69) is 4.99 Å². The minimum Gasteiger partial charge on any atom is -0.493 e. The third-order valence-corrected chi connectivity index (χ3v) is 8.93. The van der Waals surface area contributed by atoms with Gasteiger partial charge in [0.1, 0.15) is 11.9 Å². The van der Waals surface area contributed by atoms with Gasteiger partial charge in [-0.05, 0) is 44.0 Å². The summed E-state index contributed by atoms with van der Waals surface area (Å²) in [5.74, 6) is 0.00750. The van der Waals surface area contributed by atoms with Gasteiger partial charge in [-0.25, -0.2) is 12.8 Å². The summed E-state index contributed by atoms with van der Waals surface area (Å²) >= 11 is 1.30. The summed E-state index contributed by atoms with van der Waals surface area (Å²) in [6.07, 6.45) is 0.881. The molecule has 1 unspecified atom stereocenters. The molecular formula is C24H28FN3O6S2. The average molecular weight is 538 g/mol. The second kappa shape index (κ2) is 11.1. The number of halogens is 1. The summed E-state index contributed by atoms with van der Waals surface area (Å²) in [7, 11) is -0.889. The van der Waals surface area contributed by atoms with Crippen LogP contribution in [0.5, 0.6) is 11.5 Å². The van der Waals surface area contributed by atoms with Crippen LogP contribution in [0.2, 0.25) is 0 Å². The molecule has 0 spiro atoms. The quantitative estimate of drug-likeness (QED) is 0.389. The molecule has 3 aromatic rings. The lowest BCUT2D eigenvalue weighted by molar-refractivity contribution is -0.121. The molecule has 1 aromatic heterocycles. The number of hydrogen-bond acceptors (Lipinski definition) is 7. The Morgan fingerprint density at radius 1 is 1.17 bits per heavy atom. The van der Waals surface area contributed by atoms with Crippen molar-refractivity contribution in [3.05, 3.63) is 47.0 Å². The van der Waals surface area contributed by atoms with E-state index in [1.54, 1.807) is 14.2 Å². The fourth-order valence-electron chi connectivity index (χ4n) is 4.18. The molecule has 1 aliphatic heterocycles. The molecule has 0 saturated carbocycles. The molecule has 2 aromatic carbocycles. The predicted molar refractivity (Wildman–Crippen MR) is 133 cm³/mol. The van der Waals surface area contributed by atoms with Crippen LogP contribution in [0.15, 0.2) is 46.3 Å². The Kier molecular flexibility index (Phi) is 8.08. The van der Waals surface area contributed by atoms with Crippen molar-refractivity contribution in [3.8, 4) is 11.5 Å². The summed E-state index contributed by atoms with van der Waals surface area (Å²) in [5.41, 5.74) is 0.797. The molecule has 0 N–H and O–H groups in total. The van der Waals surface area contributed by atoms with E-state index in [9.17, 15) is 17.6 Å². The van der Waals surface area contributed by atoms with Crippen molar-refractivity contribution in [2.24, 2.45) is 4.99 Å². The van der Waals surface area contributed by atoms with Crippen LogP contribution < -0.4 is 14.3 Å². The van der Waals surface area contributed by atoms with Gasteiger partial charge in [0, 0.05) is 31.8 Å². The van der Waals surface area contributed by atoms with E-state index in [1.807, 2.05) is 23.6 Å². The third kappa shape index (κ3) is 5.17. The zero-order chi connectivity index (χ0) is 25.9. The molecule has 0 radical (unpaired) electrons. The highest BCUT2D eigenvalue weighted by molar-refractivity contribution is 7.89. The second-order valence-corrected chi connectivity index (χ2v) is 11.0. The van der Waals surface area contributed by atoms with Gasteiger partial charge in [-0.15, -0.1) is 0 Å². The normalized spacial score (nSPS) is 17.1. The number of benzene rings is 2. The van der Waals surface area contributed by atoms with Gasteiger partial charge in [-0.1, -0.05) is 11.3 Å². The molecule has 194 valence electrons. The topological polar surface area (TPSA) is 99.4 Å². The van der Waals surface area contributed by atoms with Crippen molar-refractivity contribution >= 4 is 37.5 Å². The number of fused-ring (bicyclic) bond motifs is 1. The molecule has 1 saturated heterocycles. The first-order valence-corrected chi connectivity index (χ1v) is 13.7. The number of amides is 1. The monoisotopic (exact) mass is 537 g/mol. The molecule has 36 heavy (non-hydrogen) atoms. The van der Waals surface area contributed by atoms with Crippen LogP contribution in [-0.2, 0) is 26.1 Å². The second-order valence-electron chi connectivity index (χ2n) is 8.09. The number of hydrogen-bond donors (Lipinski definition) is 0. The fourth-order valence-corrected chi connectivity index (χ4v) is 6.91. The number of aromatic nitrogens is 1. The number of sulfonamides is 1. The minimum absolute atomic E-state index is 0.0589. The van der Waals surface area contributed by atoms with Crippen LogP contribution in [-0.4, -0.2) is 63.2 Å². The fraction of sp³-hybridized carbons (Fsp3) is 0.417. The first-order chi connectivity index (χ1) is 17.3. The molecule has 1 atom stereocenters. The van der Waals surface area contributed by atoms with Crippen molar-refractivity contribution < 1.29 is 31.8 Å². The van der Waals surface area contributed by atoms with Crippen molar-refractivity contribution in [3.63, 3.8) is 0 Å². The smallest absolute Gasteiger partial charge is 0.266 e. The van der Waals surface area contributed by atoms with Crippen LogP contribution in [0.3, 0.4) is 0 Å². The average Bonchev–Trinajstić information content (AvgIpc) is 3.49. The van der Waals surface area contributed by atoms with Gasteiger partial charge >= 0.3 is 0 Å². The Balaban J connectivity index is 1.74. The number of methoxy groups -OCH3 is 2. The Hall–Kier alpha value is -2.80. The highest BCUT2D eigenvalue weighted by Crippen LogP contribution is 2.33. The van der Waals surface area contributed by atoms with Gasteiger partial charge in [0.15, 0.2) is 16.3 Å². The molecule has 1 aliphatic rings. The van der Waals surface area contributed by atoms with Crippen LogP contribution >= 0.6 is 11.3 Å². The van der Waals surface area contributed by atoms with Crippen LogP contribution in [0.4, 0.5) is 4.39 Å². The van der Waals surface area contributed by atoms with E-state index >= 15 is 0 Å². The van der Waals surface area contributed by atoms with E-state index in [0.29, 0.717) is 48.9 Å². The van der Waals surface area contributed by atoms with Gasteiger partial charge in [0.25, 0.3) is 5.91 Å². The Labute approximate surface area is 212 Å². The SMILES string of the molecule is CCOCCn1c(=NC(=O)C2CCCN2S(=O)(=O)c2ccc(F)cc2)sc2cc(OC)c(OC)cc21. The molecule has 4 rings (SSSR count). The number of thiazole rings is 1. The van der Waals surface area contributed by atoms with Gasteiger partial charge in [-0.2, -0.15) is 9.30 Å². The first-order valence-electron chi connectivity index (χ1n) is 11.5. The van der Waals surface area contributed by atoms with Crippen molar-refractivity contribution in [2.45, 2.75) is 37.2 Å². The summed E-state index contributed by atoms with van der Waals surface area (Å²) < 4.78 is 60.0. The van der Waals surface area contributed by atoms with E-state index in [0.717, 1.165) is 26.7 Å². The predicted octanol–water partition coefficient (Wildman–Crippen LogP) is 3.18. The maximum absolute atomic E-state index is 13.3. The molecule has 0 aliphatic carbocycles. The largest absolute Gasteiger partial charge is 0.493 e. The van der Waals surface area contributed by atoms with E-state index in [-0.39, 0.29) is 11.4 Å². The number of rotatable bonds is 9. The number of carbonyl (C=O) groups excluding carboxylic acids is 1. The summed E-state index contributed by atoms with van der Waals surface area (Å²) in [6.45, 7) is 3.49. The van der Waals surface area contributed by atoms with Crippen molar-refractivity contribution in [2.75, 3.05) is 34.0 Å². The lowest BCUT2D eigenvalue weighted by Crippen LogP contribution is -2.40. The molecule has 1 fully saturated rings. The molecule has 0 bridgehead atoms. The lowest BCUT2D eigenvalue weighted by atomic mass is 10.2. The third-order valence-electron chi connectivity index (χ3n) is 5.97. The maximum atomic E-state index is 13.3. The minimum atomic E-state index is -3.98. The number of ether oxygens (including phenoxy) is 3. The van der Waals surface area contributed by atoms with Gasteiger partial charge in [0.05, 0.1) is 35.9 Å². The summed E-state index contributed by atoms with van der Waals surface area (Å²) in [5, 5.41) is 0. The summed E-state index contributed by atoms with van der Waals surface area (Å²) in [4.78, 5) is 18.1. The Morgan fingerprint density at radius 3 is 2.53 bits per heavy atom. The van der Waals surface area contributed by atoms with Gasteiger partial charge in [0.2, 0.25) is 10.0 Å². The molecule has 2 heterocycles. The van der Waals surface area contributed by atoms with Gasteiger partial charge in [-0.3, -0.25) is 4.79 Å². The van der Waals surface area contributed by atoms with Crippen LogP contribution in [0, 0.1) is 5.82 Å². The molecule has 9 nitrogen and oxygen atoms in total. The summed E-state index contributed by atoms with van der Waals surface area (Å²) in [6, 6.07) is 7.29. The zero-order valence-corrected chi connectivity index (χ0v) is 21.9. The molecule has 1 amide bonds. The highest BCUT2D eigenvalue weighted by atomic mass is 32.2. The number of carbonyl (C=O) groups is 1. The zero-order valence-electron chi connectivity index (χ0n) is 20.3. The van der Waals surface area contributed by atoms with Crippen LogP contribution in [0.25, 0.3) is 10.2 Å². The van der Waals surface area contributed by atoms with E-state index in [1.165, 1.54) is 23.5 Å². The standard InChI is InChI=1S/C24H28FN3O6S2/c1-4-34-13-12-27-19-14-20(32-2)21(33-3)15-22(19)35-24(27)26-23(29)18-6-5-11-28(18)36(30,31)17-9-7-16(25)8-10-17/h7-10,14-15,18H,4-6,11-13H2,1-3H3. The highest BCUT2D eigenvalue weighted by Gasteiger charge is 2.39. The first kappa shape index (κ1) is 26.3. The van der Waals surface area contributed by atoms with Crippen molar-refractivity contribution in [1.29, 1.82) is 0 Å². The molecule has 12 heteroatoms.